The third-order valence-corrected chi connectivity index (χ3v) is 3.51. The van der Waals surface area contributed by atoms with Gasteiger partial charge in [0.1, 0.15) is 18.2 Å². The Morgan fingerprint density at radius 2 is 2.00 bits per heavy atom. The maximum atomic E-state index is 12.8. The predicted molar refractivity (Wildman–Crippen MR) is 93.2 cm³/mol. The summed E-state index contributed by atoms with van der Waals surface area (Å²) >= 11 is 0. The number of ether oxygens (including phenoxy) is 1. The molecule has 1 N–H and O–H groups in total. The smallest absolute Gasteiger partial charge is 0.240 e. The SMILES string of the molecule is CN(CCOc1ccc(F)cc1)CC(=O)Nc1cc(C(C)(C)C)no1. The van der Waals surface area contributed by atoms with E-state index in [1.54, 1.807) is 18.2 Å². The third kappa shape index (κ3) is 6.19. The number of hydrogen-bond acceptors (Lipinski definition) is 5. The second-order valence-corrected chi connectivity index (χ2v) is 6.91. The van der Waals surface area contributed by atoms with Crippen LogP contribution in [0.25, 0.3) is 0 Å². The van der Waals surface area contributed by atoms with Crippen molar-refractivity contribution in [2.24, 2.45) is 0 Å². The molecule has 0 spiro atoms. The van der Waals surface area contributed by atoms with Gasteiger partial charge in [-0.15, -0.1) is 0 Å². The first-order chi connectivity index (χ1) is 11.7. The number of carbonyl (C=O) groups excluding carboxylic acids is 1. The fourth-order valence-electron chi connectivity index (χ4n) is 2.04. The van der Waals surface area contributed by atoms with E-state index in [2.05, 4.69) is 10.5 Å². The molecule has 0 saturated heterocycles. The molecule has 7 heteroatoms. The summed E-state index contributed by atoms with van der Waals surface area (Å²) in [5, 5.41) is 6.65. The van der Waals surface area contributed by atoms with Crippen LogP contribution in [0.4, 0.5) is 10.3 Å². The Kier molecular flexibility index (Phi) is 6.14. The van der Waals surface area contributed by atoms with Gasteiger partial charge < -0.3 is 9.26 Å². The summed E-state index contributed by atoms with van der Waals surface area (Å²) in [7, 11) is 1.81. The minimum atomic E-state index is -0.303. The van der Waals surface area contributed by atoms with E-state index < -0.39 is 0 Å². The van der Waals surface area contributed by atoms with E-state index in [4.69, 9.17) is 9.26 Å². The summed E-state index contributed by atoms with van der Waals surface area (Å²) in [5.41, 5.74) is 0.643. The Labute approximate surface area is 146 Å². The van der Waals surface area contributed by atoms with Gasteiger partial charge in [-0.05, 0) is 31.3 Å². The van der Waals surface area contributed by atoms with Gasteiger partial charge in [0.05, 0.1) is 12.2 Å². The van der Waals surface area contributed by atoms with E-state index in [0.717, 1.165) is 5.69 Å². The van der Waals surface area contributed by atoms with Crippen molar-refractivity contribution in [3.63, 3.8) is 0 Å². The summed E-state index contributed by atoms with van der Waals surface area (Å²) in [6.07, 6.45) is 0. The Hall–Kier alpha value is -2.41. The third-order valence-electron chi connectivity index (χ3n) is 3.51. The molecule has 136 valence electrons. The Morgan fingerprint density at radius 1 is 1.32 bits per heavy atom. The van der Waals surface area contributed by atoms with Crippen molar-refractivity contribution in [1.29, 1.82) is 0 Å². The number of amides is 1. The number of nitrogens with zero attached hydrogens (tertiary/aromatic N) is 2. The molecule has 25 heavy (non-hydrogen) atoms. The number of nitrogens with one attached hydrogen (secondary N) is 1. The Bertz CT molecular complexity index is 692. The van der Waals surface area contributed by atoms with E-state index in [-0.39, 0.29) is 23.7 Å². The van der Waals surface area contributed by atoms with Gasteiger partial charge >= 0.3 is 0 Å². The highest BCUT2D eigenvalue weighted by Crippen LogP contribution is 2.23. The standard InChI is InChI=1S/C18H24FN3O3/c1-18(2,3)15-11-17(25-21-15)20-16(23)12-22(4)9-10-24-14-7-5-13(19)6-8-14/h5-8,11H,9-10,12H2,1-4H3,(H,20,23). The van der Waals surface area contributed by atoms with Gasteiger partial charge in [0.15, 0.2) is 0 Å². The second kappa shape index (κ2) is 8.11. The maximum Gasteiger partial charge on any atom is 0.240 e. The number of rotatable bonds is 7. The van der Waals surface area contributed by atoms with Crippen molar-refractivity contribution in [3.05, 3.63) is 41.8 Å². The largest absolute Gasteiger partial charge is 0.492 e. The lowest BCUT2D eigenvalue weighted by Crippen LogP contribution is -2.33. The molecule has 0 atom stereocenters. The summed E-state index contributed by atoms with van der Waals surface area (Å²) in [5.74, 6) is 0.436. The first-order valence-electron chi connectivity index (χ1n) is 8.08. The molecular weight excluding hydrogens is 325 g/mol. The van der Waals surface area contributed by atoms with E-state index in [1.165, 1.54) is 12.1 Å². The molecule has 1 amide bonds. The first kappa shape index (κ1) is 18.9. The number of likely N-dealkylation sites (N-methyl/N-ethyl adjacent to an activating group) is 1. The average Bonchev–Trinajstić information content (AvgIpc) is 2.97. The summed E-state index contributed by atoms with van der Waals surface area (Å²) in [6, 6.07) is 7.55. The zero-order valence-electron chi connectivity index (χ0n) is 15.0. The molecule has 0 unspecified atom stereocenters. The van der Waals surface area contributed by atoms with Crippen LogP contribution < -0.4 is 10.1 Å². The quantitative estimate of drug-likeness (QED) is 0.832. The van der Waals surface area contributed by atoms with E-state index in [1.807, 2.05) is 32.7 Å². The molecule has 1 heterocycles. The molecule has 2 rings (SSSR count). The Balaban J connectivity index is 1.72. The number of hydrogen-bond donors (Lipinski definition) is 1. The molecule has 6 nitrogen and oxygen atoms in total. The Morgan fingerprint density at radius 3 is 2.60 bits per heavy atom. The van der Waals surface area contributed by atoms with Gasteiger partial charge in [0, 0.05) is 18.0 Å². The van der Waals surface area contributed by atoms with Crippen LogP contribution in [0.2, 0.25) is 0 Å². The van der Waals surface area contributed by atoms with Crippen molar-refractivity contribution in [1.82, 2.24) is 10.1 Å². The van der Waals surface area contributed by atoms with Crippen LogP contribution >= 0.6 is 0 Å². The lowest BCUT2D eigenvalue weighted by molar-refractivity contribution is -0.117. The molecule has 1 aromatic heterocycles. The lowest BCUT2D eigenvalue weighted by Gasteiger charge is -2.16. The zero-order chi connectivity index (χ0) is 18.4. The fourth-order valence-corrected chi connectivity index (χ4v) is 2.04. The van der Waals surface area contributed by atoms with Gasteiger partial charge in [0.25, 0.3) is 0 Å². The normalized spacial score (nSPS) is 11.6. The minimum absolute atomic E-state index is 0.138. The summed E-state index contributed by atoms with van der Waals surface area (Å²) in [6.45, 7) is 7.20. The zero-order valence-corrected chi connectivity index (χ0v) is 15.0. The van der Waals surface area contributed by atoms with Gasteiger partial charge in [-0.2, -0.15) is 0 Å². The molecule has 0 fully saturated rings. The molecule has 0 aliphatic rings. The van der Waals surface area contributed by atoms with Crippen molar-refractivity contribution in [3.8, 4) is 5.75 Å². The fraction of sp³-hybridized carbons (Fsp3) is 0.444. The van der Waals surface area contributed by atoms with Crippen LogP contribution in [-0.2, 0) is 10.2 Å². The molecule has 0 aliphatic carbocycles. The van der Waals surface area contributed by atoms with Crippen LogP contribution in [0.3, 0.4) is 0 Å². The minimum Gasteiger partial charge on any atom is -0.492 e. The maximum absolute atomic E-state index is 12.8. The molecule has 0 bridgehead atoms. The predicted octanol–water partition coefficient (Wildman–Crippen LogP) is 3.06. The number of benzene rings is 1. The van der Waals surface area contributed by atoms with Crippen LogP contribution in [-0.4, -0.2) is 42.7 Å². The monoisotopic (exact) mass is 349 g/mol. The van der Waals surface area contributed by atoms with Crippen LogP contribution in [0.15, 0.2) is 34.9 Å². The number of aromatic nitrogens is 1. The van der Waals surface area contributed by atoms with Crippen molar-refractivity contribution >= 4 is 11.8 Å². The number of halogens is 1. The topological polar surface area (TPSA) is 67.6 Å². The van der Waals surface area contributed by atoms with E-state index >= 15 is 0 Å². The molecule has 2 aromatic rings. The second-order valence-electron chi connectivity index (χ2n) is 6.91. The summed E-state index contributed by atoms with van der Waals surface area (Å²) < 4.78 is 23.4. The molecular formula is C18H24FN3O3. The van der Waals surface area contributed by atoms with Crippen LogP contribution in [0.1, 0.15) is 26.5 Å². The van der Waals surface area contributed by atoms with Crippen molar-refractivity contribution in [2.45, 2.75) is 26.2 Å². The van der Waals surface area contributed by atoms with Crippen molar-refractivity contribution in [2.75, 3.05) is 32.1 Å². The highest BCUT2D eigenvalue weighted by molar-refractivity contribution is 5.90. The summed E-state index contributed by atoms with van der Waals surface area (Å²) in [4.78, 5) is 13.8. The van der Waals surface area contributed by atoms with Gasteiger partial charge in [0.2, 0.25) is 11.8 Å². The number of carbonyl (C=O) groups is 1. The highest BCUT2D eigenvalue weighted by Gasteiger charge is 2.19. The van der Waals surface area contributed by atoms with Gasteiger partial charge in [-0.25, -0.2) is 4.39 Å². The average molecular weight is 349 g/mol. The first-order valence-corrected chi connectivity index (χ1v) is 8.08. The van der Waals surface area contributed by atoms with Gasteiger partial charge in [-0.1, -0.05) is 25.9 Å². The molecule has 1 aromatic carbocycles. The molecule has 0 aliphatic heterocycles. The van der Waals surface area contributed by atoms with Crippen LogP contribution in [0.5, 0.6) is 5.75 Å². The van der Waals surface area contributed by atoms with Crippen LogP contribution in [0, 0.1) is 5.82 Å². The van der Waals surface area contributed by atoms with E-state index in [9.17, 15) is 9.18 Å². The van der Waals surface area contributed by atoms with E-state index in [0.29, 0.717) is 24.8 Å². The molecule has 0 radical (unpaired) electrons. The van der Waals surface area contributed by atoms with Crippen molar-refractivity contribution < 1.29 is 18.4 Å². The lowest BCUT2D eigenvalue weighted by atomic mass is 9.92. The number of anilines is 1. The highest BCUT2D eigenvalue weighted by atomic mass is 19.1. The molecule has 0 saturated carbocycles. The van der Waals surface area contributed by atoms with Gasteiger partial charge in [-0.3, -0.25) is 15.0 Å².